The van der Waals surface area contributed by atoms with Gasteiger partial charge in [0.1, 0.15) is 0 Å². The third kappa shape index (κ3) is 2.36. The van der Waals surface area contributed by atoms with Gasteiger partial charge in [0.2, 0.25) is 5.91 Å². The van der Waals surface area contributed by atoms with Crippen LogP contribution in [0.1, 0.15) is 19.8 Å². The van der Waals surface area contributed by atoms with Gasteiger partial charge in [0.25, 0.3) is 0 Å². The summed E-state index contributed by atoms with van der Waals surface area (Å²) in [4.78, 5) is 13.3. The molecule has 0 aromatic heterocycles. The molecule has 0 radical (unpaired) electrons. The number of nitrogens with two attached hydrogens (primary N) is 1. The van der Waals surface area contributed by atoms with Crippen LogP contribution in [0.25, 0.3) is 0 Å². The third-order valence-electron chi connectivity index (χ3n) is 2.18. The summed E-state index contributed by atoms with van der Waals surface area (Å²) >= 11 is 0.992. The maximum atomic E-state index is 11.4. The molecule has 1 fully saturated rings. The first kappa shape index (κ1) is 9.83. The quantitative estimate of drug-likeness (QED) is 0.619. The molecule has 4 nitrogen and oxygen atoms in total. The SMILES string of the molecule is CC1CCCN1C(=O)CNSN. The lowest BCUT2D eigenvalue weighted by Crippen LogP contribution is -2.38. The minimum atomic E-state index is 0.151. The van der Waals surface area contributed by atoms with Crippen LogP contribution in [-0.2, 0) is 4.79 Å². The Kier molecular flexibility index (Phi) is 3.84. The van der Waals surface area contributed by atoms with Crippen molar-refractivity contribution in [3.63, 3.8) is 0 Å². The van der Waals surface area contributed by atoms with E-state index in [4.69, 9.17) is 5.14 Å². The number of likely N-dealkylation sites (tertiary alicyclic amines) is 1. The van der Waals surface area contributed by atoms with Gasteiger partial charge in [-0.3, -0.25) is 9.93 Å². The van der Waals surface area contributed by atoms with Crippen molar-refractivity contribution in [1.29, 1.82) is 0 Å². The first-order chi connectivity index (χ1) is 5.75. The Morgan fingerprint density at radius 2 is 2.58 bits per heavy atom. The zero-order chi connectivity index (χ0) is 8.97. The van der Waals surface area contributed by atoms with E-state index in [0.29, 0.717) is 12.6 Å². The van der Waals surface area contributed by atoms with Gasteiger partial charge in [0.05, 0.1) is 6.54 Å². The predicted octanol–water partition coefficient (Wildman–Crippen LogP) is 0.109. The van der Waals surface area contributed by atoms with Gasteiger partial charge in [-0.05, 0) is 19.8 Å². The minimum absolute atomic E-state index is 0.151. The molecule has 1 aliphatic heterocycles. The summed E-state index contributed by atoms with van der Waals surface area (Å²) in [6, 6.07) is 0.405. The molecule has 3 N–H and O–H groups in total. The van der Waals surface area contributed by atoms with Crippen molar-refractivity contribution in [2.75, 3.05) is 13.1 Å². The van der Waals surface area contributed by atoms with Gasteiger partial charge >= 0.3 is 0 Å². The molecule has 1 heterocycles. The Labute approximate surface area is 77.1 Å². The fourth-order valence-corrected chi connectivity index (χ4v) is 1.72. The van der Waals surface area contributed by atoms with E-state index in [-0.39, 0.29) is 5.91 Å². The molecule has 12 heavy (non-hydrogen) atoms. The number of amides is 1. The fraction of sp³-hybridized carbons (Fsp3) is 0.857. The van der Waals surface area contributed by atoms with Gasteiger partial charge < -0.3 is 4.90 Å². The Hall–Kier alpha value is -0.260. The van der Waals surface area contributed by atoms with E-state index in [1.54, 1.807) is 0 Å². The smallest absolute Gasteiger partial charge is 0.237 e. The molecule has 0 aliphatic carbocycles. The maximum Gasteiger partial charge on any atom is 0.237 e. The number of hydrogen-bond donors (Lipinski definition) is 2. The Morgan fingerprint density at radius 3 is 3.08 bits per heavy atom. The average Bonchev–Trinajstić information content (AvgIpc) is 2.47. The second-order valence-corrected chi connectivity index (χ2v) is 3.54. The second-order valence-electron chi connectivity index (χ2n) is 3.02. The first-order valence-electron chi connectivity index (χ1n) is 4.13. The molecule has 70 valence electrons. The highest BCUT2D eigenvalue weighted by molar-refractivity contribution is 7.95. The van der Waals surface area contributed by atoms with Gasteiger partial charge in [0.15, 0.2) is 0 Å². The number of nitrogens with zero attached hydrogens (tertiary/aromatic N) is 1. The van der Waals surface area contributed by atoms with Crippen LogP contribution in [0.4, 0.5) is 0 Å². The van der Waals surface area contributed by atoms with Crippen molar-refractivity contribution >= 4 is 18.0 Å². The van der Waals surface area contributed by atoms with E-state index in [0.717, 1.165) is 31.5 Å². The molecule has 5 heteroatoms. The molecular weight excluding hydrogens is 174 g/mol. The number of hydrogen-bond acceptors (Lipinski definition) is 4. The van der Waals surface area contributed by atoms with Gasteiger partial charge in [-0.25, -0.2) is 4.72 Å². The molecule has 1 amide bonds. The van der Waals surface area contributed by atoms with Gasteiger partial charge in [-0.1, -0.05) is 0 Å². The highest BCUT2D eigenvalue weighted by Gasteiger charge is 2.24. The minimum Gasteiger partial charge on any atom is -0.339 e. The van der Waals surface area contributed by atoms with Crippen LogP contribution < -0.4 is 9.86 Å². The topological polar surface area (TPSA) is 58.4 Å². The van der Waals surface area contributed by atoms with Crippen molar-refractivity contribution in [1.82, 2.24) is 9.62 Å². The summed E-state index contributed by atoms with van der Waals surface area (Å²) in [5.74, 6) is 0.151. The molecule has 1 aliphatic rings. The number of nitrogens with one attached hydrogen (secondary N) is 1. The Morgan fingerprint density at radius 1 is 1.83 bits per heavy atom. The van der Waals surface area contributed by atoms with Crippen LogP contribution in [0.15, 0.2) is 0 Å². The van der Waals surface area contributed by atoms with Gasteiger partial charge in [-0.2, -0.15) is 0 Å². The lowest BCUT2D eigenvalue weighted by Gasteiger charge is -2.20. The lowest BCUT2D eigenvalue weighted by atomic mass is 10.2. The number of rotatable bonds is 3. The molecule has 1 rings (SSSR count). The summed E-state index contributed by atoms with van der Waals surface area (Å²) in [5, 5.41) is 5.14. The van der Waals surface area contributed by atoms with Crippen LogP contribution in [0.5, 0.6) is 0 Å². The molecular formula is C7H15N3OS. The zero-order valence-electron chi connectivity index (χ0n) is 7.25. The number of carbonyl (C=O) groups is 1. The van der Waals surface area contributed by atoms with Crippen LogP contribution in [-0.4, -0.2) is 29.9 Å². The normalized spacial score (nSPS) is 23.2. The summed E-state index contributed by atoms with van der Waals surface area (Å²) in [6.45, 7) is 3.32. The van der Waals surface area contributed by atoms with Crippen LogP contribution in [0.3, 0.4) is 0 Å². The maximum absolute atomic E-state index is 11.4. The molecule has 0 saturated carbocycles. The molecule has 1 unspecified atom stereocenters. The predicted molar refractivity (Wildman–Crippen MR) is 50.2 cm³/mol. The first-order valence-corrected chi connectivity index (χ1v) is 5.01. The Balaban J connectivity index is 2.30. The van der Waals surface area contributed by atoms with E-state index < -0.39 is 0 Å². The monoisotopic (exact) mass is 189 g/mol. The van der Waals surface area contributed by atoms with E-state index in [9.17, 15) is 4.79 Å². The molecule has 0 aromatic carbocycles. The summed E-state index contributed by atoms with van der Waals surface area (Å²) < 4.78 is 2.75. The van der Waals surface area contributed by atoms with Crippen LogP contribution in [0, 0.1) is 0 Å². The fourth-order valence-electron chi connectivity index (χ4n) is 1.51. The molecule has 0 aromatic rings. The van der Waals surface area contributed by atoms with E-state index in [1.165, 1.54) is 0 Å². The van der Waals surface area contributed by atoms with Crippen molar-refractivity contribution in [3.05, 3.63) is 0 Å². The Bertz CT molecular complexity index is 165. The van der Waals surface area contributed by atoms with Gasteiger partial charge in [-0.15, -0.1) is 0 Å². The van der Waals surface area contributed by atoms with E-state index in [2.05, 4.69) is 11.6 Å². The van der Waals surface area contributed by atoms with E-state index >= 15 is 0 Å². The standard InChI is InChI=1S/C7H15N3OS/c1-6-3-2-4-10(6)7(11)5-9-12-8/h6,9H,2-5,8H2,1H3. The number of carbonyl (C=O) groups excluding carboxylic acids is 1. The lowest BCUT2D eigenvalue weighted by molar-refractivity contribution is -0.130. The summed E-state index contributed by atoms with van der Waals surface area (Å²) in [5.41, 5.74) is 0. The highest BCUT2D eigenvalue weighted by atomic mass is 32.2. The summed E-state index contributed by atoms with van der Waals surface area (Å²) in [7, 11) is 0. The second kappa shape index (κ2) is 4.69. The van der Waals surface area contributed by atoms with E-state index in [1.807, 2.05) is 4.90 Å². The van der Waals surface area contributed by atoms with Crippen molar-refractivity contribution < 1.29 is 4.79 Å². The molecule has 0 spiro atoms. The largest absolute Gasteiger partial charge is 0.339 e. The zero-order valence-corrected chi connectivity index (χ0v) is 8.06. The van der Waals surface area contributed by atoms with Crippen molar-refractivity contribution in [2.45, 2.75) is 25.8 Å². The van der Waals surface area contributed by atoms with Crippen LogP contribution in [0.2, 0.25) is 0 Å². The van der Waals surface area contributed by atoms with Crippen LogP contribution >= 0.6 is 12.1 Å². The molecule has 0 bridgehead atoms. The molecule has 1 saturated heterocycles. The van der Waals surface area contributed by atoms with Gasteiger partial charge in [0, 0.05) is 24.7 Å². The van der Waals surface area contributed by atoms with Crippen molar-refractivity contribution in [2.24, 2.45) is 5.14 Å². The summed E-state index contributed by atoms with van der Waals surface area (Å²) in [6.07, 6.45) is 2.25. The highest BCUT2D eigenvalue weighted by Crippen LogP contribution is 2.15. The molecule has 1 atom stereocenters. The third-order valence-corrected chi connectivity index (χ3v) is 2.49. The van der Waals surface area contributed by atoms with Crippen molar-refractivity contribution in [3.8, 4) is 0 Å². The average molecular weight is 189 g/mol.